The zero-order valence-electron chi connectivity index (χ0n) is 23.0. The number of nitro groups is 1. The molecular weight excluding hydrogens is 506 g/mol. The number of nitrogens with one attached hydrogen (secondary N) is 1. The third-order valence-electron chi connectivity index (χ3n) is 9.32. The molecule has 0 spiro atoms. The Labute approximate surface area is 233 Å². The van der Waals surface area contributed by atoms with Crippen molar-refractivity contribution in [2.45, 2.75) is 56.9 Å². The molecule has 2 aliphatic heterocycles. The summed E-state index contributed by atoms with van der Waals surface area (Å²) < 4.78 is 1.81. The van der Waals surface area contributed by atoms with E-state index in [2.05, 4.69) is 34.5 Å². The van der Waals surface area contributed by atoms with Crippen LogP contribution in [0.25, 0.3) is 0 Å². The SMILES string of the molecule is CC1=C(C(=O)O)C(c2ccccc2[N+](=O)[O-])c2c(C3(C4CCN(Cc5ccccc5)C4)CCCC3)nn(C)c2N1. The van der Waals surface area contributed by atoms with Gasteiger partial charge in [-0.25, -0.2) is 4.79 Å². The number of aryl methyl sites for hydroxylation is 1. The number of anilines is 1. The molecule has 1 saturated heterocycles. The van der Waals surface area contributed by atoms with Gasteiger partial charge in [0.05, 0.1) is 22.1 Å². The van der Waals surface area contributed by atoms with E-state index in [0.29, 0.717) is 17.2 Å². The third-order valence-corrected chi connectivity index (χ3v) is 9.32. The molecule has 1 aromatic heterocycles. The highest BCUT2D eigenvalue weighted by Crippen LogP contribution is 2.55. The van der Waals surface area contributed by atoms with Crippen molar-refractivity contribution in [3.05, 3.63) is 98.4 Å². The summed E-state index contributed by atoms with van der Waals surface area (Å²) in [6.07, 6.45) is 5.18. The molecule has 1 aliphatic carbocycles. The van der Waals surface area contributed by atoms with Gasteiger partial charge >= 0.3 is 5.97 Å². The predicted molar refractivity (Wildman–Crippen MR) is 152 cm³/mol. The largest absolute Gasteiger partial charge is 0.478 e. The molecule has 0 amide bonds. The quantitative estimate of drug-likeness (QED) is 0.297. The summed E-state index contributed by atoms with van der Waals surface area (Å²) in [5.41, 5.74) is 3.72. The minimum atomic E-state index is -1.08. The lowest BCUT2D eigenvalue weighted by molar-refractivity contribution is -0.385. The van der Waals surface area contributed by atoms with Crippen molar-refractivity contribution >= 4 is 17.5 Å². The summed E-state index contributed by atoms with van der Waals surface area (Å²) in [6.45, 7) is 4.58. The highest BCUT2D eigenvalue weighted by Gasteiger charge is 2.51. The van der Waals surface area contributed by atoms with Crippen molar-refractivity contribution in [3.8, 4) is 0 Å². The van der Waals surface area contributed by atoms with Crippen LogP contribution in [0.15, 0.2) is 65.9 Å². The Balaban J connectivity index is 1.47. The zero-order chi connectivity index (χ0) is 28.0. The van der Waals surface area contributed by atoms with Gasteiger partial charge in [-0.1, -0.05) is 61.4 Å². The number of aliphatic carboxylic acids is 1. The number of benzene rings is 2. The van der Waals surface area contributed by atoms with E-state index in [1.54, 1.807) is 25.1 Å². The second kappa shape index (κ2) is 10.2. The summed E-state index contributed by atoms with van der Waals surface area (Å²) in [5.74, 6) is -0.780. The van der Waals surface area contributed by atoms with E-state index >= 15 is 0 Å². The topological polar surface area (TPSA) is 114 Å². The van der Waals surface area contributed by atoms with Crippen molar-refractivity contribution in [2.24, 2.45) is 13.0 Å². The third kappa shape index (κ3) is 4.29. The van der Waals surface area contributed by atoms with Crippen molar-refractivity contribution in [1.29, 1.82) is 0 Å². The Morgan fingerprint density at radius 3 is 2.55 bits per heavy atom. The Morgan fingerprint density at radius 1 is 1.15 bits per heavy atom. The normalized spacial score (nSPS) is 22.2. The summed E-state index contributed by atoms with van der Waals surface area (Å²) in [5, 5.41) is 31.0. The maximum Gasteiger partial charge on any atom is 0.334 e. The van der Waals surface area contributed by atoms with Gasteiger partial charge in [-0.15, -0.1) is 0 Å². The van der Waals surface area contributed by atoms with Gasteiger partial charge in [0.2, 0.25) is 0 Å². The number of likely N-dealkylation sites (tertiary alicyclic amines) is 1. The summed E-state index contributed by atoms with van der Waals surface area (Å²) in [7, 11) is 1.88. The average molecular weight is 542 g/mol. The minimum absolute atomic E-state index is 0.0722. The van der Waals surface area contributed by atoms with Crippen molar-refractivity contribution in [2.75, 3.05) is 18.4 Å². The number of carbonyl (C=O) groups is 1. The average Bonchev–Trinajstić information content (AvgIpc) is 3.68. The van der Waals surface area contributed by atoms with Crippen LogP contribution in [0.1, 0.15) is 67.3 Å². The zero-order valence-corrected chi connectivity index (χ0v) is 23.0. The number of fused-ring (bicyclic) bond motifs is 1. The smallest absolute Gasteiger partial charge is 0.334 e. The van der Waals surface area contributed by atoms with Crippen LogP contribution in [0.3, 0.4) is 0 Å². The number of nitrogens with zero attached hydrogens (tertiary/aromatic N) is 4. The Bertz CT molecular complexity index is 1490. The van der Waals surface area contributed by atoms with Crippen LogP contribution in [0.5, 0.6) is 0 Å². The maximum absolute atomic E-state index is 12.7. The first-order valence-electron chi connectivity index (χ1n) is 14.1. The molecule has 3 heterocycles. The molecule has 6 rings (SSSR count). The second-order valence-electron chi connectivity index (χ2n) is 11.5. The number of carboxylic acid groups (broad SMARTS) is 1. The molecule has 2 atom stereocenters. The number of allylic oxidation sites excluding steroid dienone is 1. The Kier molecular flexibility index (Phi) is 6.70. The molecule has 3 aromatic rings. The lowest BCUT2D eigenvalue weighted by atomic mass is 9.67. The van der Waals surface area contributed by atoms with Crippen LogP contribution in [-0.2, 0) is 23.8 Å². The molecule has 0 bridgehead atoms. The molecular formula is C31H35N5O4. The fraction of sp³-hybridized carbons (Fsp3) is 0.419. The Morgan fingerprint density at radius 2 is 1.85 bits per heavy atom. The van der Waals surface area contributed by atoms with E-state index in [1.165, 1.54) is 11.6 Å². The summed E-state index contributed by atoms with van der Waals surface area (Å²) in [4.78, 5) is 27.0. The monoisotopic (exact) mass is 541 g/mol. The number of nitro benzene ring substituents is 1. The number of rotatable bonds is 7. The van der Waals surface area contributed by atoms with Gasteiger partial charge in [0, 0.05) is 48.4 Å². The molecule has 40 heavy (non-hydrogen) atoms. The first-order chi connectivity index (χ1) is 19.3. The lowest BCUT2D eigenvalue weighted by Gasteiger charge is -2.37. The maximum atomic E-state index is 12.7. The van der Waals surface area contributed by atoms with Gasteiger partial charge in [-0.05, 0) is 44.2 Å². The first kappa shape index (κ1) is 26.3. The van der Waals surface area contributed by atoms with Gasteiger partial charge in [-0.3, -0.25) is 19.7 Å². The number of hydrogen-bond donors (Lipinski definition) is 2. The van der Waals surface area contributed by atoms with Crippen molar-refractivity contribution in [1.82, 2.24) is 14.7 Å². The molecule has 2 N–H and O–H groups in total. The summed E-state index contributed by atoms with van der Waals surface area (Å²) in [6, 6.07) is 17.1. The van der Waals surface area contributed by atoms with Gasteiger partial charge in [-0.2, -0.15) is 5.10 Å². The fourth-order valence-corrected chi connectivity index (χ4v) is 7.54. The molecule has 1 saturated carbocycles. The number of para-hydroxylation sites is 1. The van der Waals surface area contributed by atoms with Crippen LogP contribution in [0.2, 0.25) is 0 Å². The fourth-order valence-electron chi connectivity index (χ4n) is 7.54. The van der Waals surface area contributed by atoms with E-state index in [1.807, 2.05) is 17.8 Å². The molecule has 2 aromatic carbocycles. The van der Waals surface area contributed by atoms with Crippen molar-refractivity contribution in [3.63, 3.8) is 0 Å². The Hall–Kier alpha value is -3.98. The standard InChI is InChI=1S/C31H35N5O4/c1-20-25(30(37)38)26(23-12-6-7-13-24(23)36(39)40)27-28(33-34(2)29(27)32-20)31(15-8-9-16-31)22-14-17-35(19-22)18-21-10-4-3-5-11-21/h3-7,10-13,22,26,32H,8-9,14-19H2,1-2H3,(H,37,38). The molecule has 0 radical (unpaired) electrons. The van der Waals surface area contributed by atoms with Crippen LogP contribution < -0.4 is 5.32 Å². The minimum Gasteiger partial charge on any atom is -0.478 e. The van der Waals surface area contributed by atoms with E-state index < -0.39 is 16.8 Å². The van der Waals surface area contributed by atoms with Crippen LogP contribution in [0, 0.1) is 16.0 Å². The van der Waals surface area contributed by atoms with Crippen LogP contribution >= 0.6 is 0 Å². The predicted octanol–water partition coefficient (Wildman–Crippen LogP) is 5.58. The molecule has 2 unspecified atom stereocenters. The highest BCUT2D eigenvalue weighted by atomic mass is 16.6. The molecule has 2 fully saturated rings. The number of hydrogen-bond acceptors (Lipinski definition) is 6. The van der Waals surface area contributed by atoms with Crippen molar-refractivity contribution < 1.29 is 14.8 Å². The highest BCUT2D eigenvalue weighted by molar-refractivity contribution is 5.93. The van der Waals surface area contributed by atoms with Gasteiger partial charge in [0.25, 0.3) is 5.69 Å². The van der Waals surface area contributed by atoms with E-state index in [4.69, 9.17) is 5.10 Å². The number of aromatic nitrogens is 2. The molecule has 208 valence electrons. The second-order valence-corrected chi connectivity index (χ2v) is 11.5. The molecule has 9 nitrogen and oxygen atoms in total. The van der Waals surface area contributed by atoms with Crippen LogP contribution in [-0.4, -0.2) is 43.8 Å². The van der Waals surface area contributed by atoms with Gasteiger partial charge in [0.1, 0.15) is 5.82 Å². The van der Waals surface area contributed by atoms with Crippen LogP contribution in [0.4, 0.5) is 11.5 Å². The molecule has 9 heteroatoms. The first-order valence-corrected chi connectivity index (χ1v) is 14.1. The van der Waals surface area contributed by atoms with E-state index in [9.17, 15) is 20.0 Å². The molecule has 3 aliphatic rings. The lowest BCUT2D eigenvalue weighted by Crippen LogP contribution is -2.37. The van der Waals surface area contributed by atoms with E-state index in [-0.39, 0.29) is 16.7 Å². The number of carboxylic acids is 1. The summed E-state index contributed by atoms with van der Waals surface area (Å²) >= 11 is 0. The van der Waals surface area contributed by atoms with E-state index in [0.717, 1.165) is 68.8 Å². The van der Waals surface area contributed by atoms with Gasteiger partial charge < -0.3 is 10.4 Å². The van der Waals surface area contributed by atoms with Gasteiger partial charge in [0.15, 0.2) is 0 Å².